The van der Waals surface area contributed by atoms with Crippen LogP contribution in [0.1, 0.15) is 23.5 Å². The summed E-state index contributed by atoms with van der Waals surface area (Å²) in [5, 5.41) is 36.8. The van der Waals surface area contributed by atoms with Crippen LogP contribution < -0.4 is 10.5 Å². The summed E-state index contributed by atoms with van der Waals surface area (Å²) in [4.78, 5) is 11.6. The van der Waals surface area contributed by atoms with Gasteiger partial charge in [-0.05, 0) is 59.7 Å². The van der Waals surface area contributed by atoms with E-state index < -0.39 is 5.60 Å². The number of anilines is 1. The average molecular weight is 488 g/mol. The van der Waals surface area contributed by atoms with E-state index in [1.807, 2.05) is 6.07 Å². The van der Waals surface area contributed by atoms with E-state index in [0.717, 1.165) is 11.1 Å². The molecule has 1 aromatic carbocycles. The van der Waals surface area contributed by atoms with Crippen molar-refractivity contribution in [3.05, 3.63) is 88.6 Å². The highest BCUT2D eigenvalue weighted by atomic mass is 35.5. The number of imidazole rings is 1. The smallest absolute Gasteiger partial charge is 0.235 e. The lowest BCUT2D eigenvalue weighted by atomic mass is 9.98. The summed E-state index contributed by atoms with van der Waals surface area (Å²) >= 11 is 6.26. The zero-order valence-electron chi connectivity index (χ0n) is 18.1. The lowest BCUT2D eigenvalue weighted by molar-refractivity contribution is -0.620. The van der Waals surface area contributed by atoms with Crippen molar-refractivity contribution in [3.63, 3.8) is 0 Å². The molecule has 1 unspecified atom stereocenters. The lowest BCUT2D eigenvalue weighted by Gasteiger charge is -2.20. The third-order valence-corrected chi connectivity index (χ3v) is 6.42. The number of hydrogen-bond donors (Lipinski definition) is 3. The van der Waals surface area contributed by atoms with E-state index in [1.165, 1.54) is 17.2 Å². The molecule has 4 heterocycles. The van der Waals surface area contributed by atoms with E-state index in [0.29, 0.717) is 50.9 Å². The van der Waals surface area contributed by atoms with Gasteiger partial charge in [0.25, 0.3) is 0 Å². The fraction of sp³-hybridized carbons (Fsp3) is 0.130. The summed E-state index contributed by atoms with van der Waals surface area (Å²) in [5.74, 6) is 0.695. The number of nitrogens with two attached hydrogens (primary N) is 1. The molecule has 4 N–H and O–H groups in total. The molecule has 0 fully saturated rings. The number of fused-ring (bicyclic) bond motifs is 1. The Morgan fingerprint density at radius 2 is 2.03 bits per heavy atom. The highest BCUT2D eigenvalue weighted by Gasteiger charge is 2.48. The Bertz CT molecular complexity index is 1550. The minimum Gasteiger partial charge on any atom is -0.618 e. The normalized spacial score (nSPS) is 17.0. The molecule has 0 spiro atoms. The van der Waals surface area contributed by atoms with Crippen LogP contribution in [0.15, 0.2) is 61.3 Å². The molecule has 174 valence electrons. The standard InChI is InChI=1S/C23H18ClN9O2/c24-16-2-3-19(32-12-28-30-31-32)17(8-16)15-7-13-5-6-23(34,21(13)33(35)11-15)22-27-10-18(29-22)14-1-4-20(25)26-9-14/h1-4,7-12,34H,5-6H2,(H2,25,26)(H,27,29). The number of H-pyrrole nitrogens is 1. The van der Waals surface area contributed by atoms with E-state index in [9.17, 15) is 10.3 Å². The number of tetrazole rings is 1. The van der Waals surface area contributed by atoms with Gasteiger partial charge in [0.15, 0.2) is 6.20 Å². The topological polar surface area (TPSA) is 158 Å². The van der Waals surface area contributed by atoms with Crippen LogP contribution in [-0.4, -0.2) is 40.3 Å². The fourth-order valence-corrected chi connectivity index (χ4v) is 4.70. The molecule has 0 saturated heterocycles. The lowest BCUT2D eigenvalue weighted by Crippen LogP contribution is -2.42. The zero-order valence-corrected chi connectivity index (χ0v) is 18.9. The highest BCUT2D eigenvalue weighted by Crippen LogP contribution is 2.41. The number of halogens is 1. The van der Waals surface area contributed by atoms with Crippen LogP contribution in [0.5, 0.6) is 0 Å². The largest absolute Gasteiger partial charge is 0.618 e. The predicted molar refractivity (Wildman–Crippen MR) is 126 cm³/mol. The van der Waals surface area contributed by atoms with Gasteiger partial charge in [-0.25, -0.2) is 9.97 Å². The molecule has 0 bridgehead atoms. The molecular formula is C23H18ClN9O2. The van der Waals surface area contributed by atoms with E-state index in [-0.39, 0.29) is 11.5 Å². The molecule has 0 radical (unpaired) electrons. The average Bonchev–Trinajstić information content (AvgIpc) is 3.61. The van der Waals surface area contributed by atoms with Crippen molar-refractivity contribution in [2.24, 2.45) is 0 Å². The molecule has 11 nitrogen and oxygen atoms in total. The van der Waals surface area contributed by atoms with Crippen LogP contribution in [-0.2, 0) is 12.0 Å². The van der Waals surface area contributed by atoms with Crippen molar-refractivity contribution in [1.29, 1.82) is 0 Å². The first-order chi connectivity index (χ1) is 16.9. The number of nitrogen functional groups attached to an aromatic ring is 1. The van der Waals surface area contributed by atoms with E-state index in [4.69, 9.17) is 17.3 Å². The molecule has 5 aromatic rings. The number of rotatable bonds is 4. The number of hydrogen-bond acceptors (Lipinski definition) is 8. The number of nitrogens with zero attached hydrogens (tertiary/aromatic N) is 7. The second kappa shape index (κ2) is 7.86. The van der Waals surface area contributed by atoms with E-state index >= 15 is 0 Å². The van der Waals surface area contributed by atoms with Crippen LogP contribution in [0.2, 0.25) is 5.02 Å². The minimum atomic E-state index is -1.57. The van der Waals surface area contributed by atoms with Gasteiger partial charge in [0.2, 0.25) is 11.3 Å². The molecule has 1 atom stereocenters. The monoisotopic (exact) mass is 487 g/mol. The number of benzene rings is 1. The number of aromatic amines is 1. The van der Waals surface area contributed by atoms with Gasteiger partial charge in [0.1, 0.15) is 18.0 Å². The predicted octanol–water partition coefficient (Wildman–Crippen LogP) is 2.17. The first-order valence-corrected chi connectivity index (χ1v) is 11.1. The minimum absolute atomic E-state index is 0.239. The Labute approximate surface area is 203 Å². The van der Waals surface area contributed by atoms with Gasteiger partial charge in [-0.1, -0.05) is 11.6 Å². The van der Waals surface area contributed by atoms with Crippen LogP contribution >= 0.6 is 11.6 Å². The summed E-state index contributed by atoms with van der Waals surface area (Å²) in [7, 11) is 0. The van der Waals surface area contributed by atoms with Crippen LogP contribution in [0.4, 0.5) is 5.82 Å². The van der Waals surface area contributed by atoms with Gasteiger partial charge < -0.3 is 21.0 Å². The zero-order chi connectivity index (χ0) is 24.2. The van der Waals surface area contributed by atoms with E-state index in [1.54, 1.807) is 42.7 Å². The van der Waals surface area contributed by atoms with Crippen molar-refractivity contribution in [2.45, 2.75) is 18.4 Å². The molecule has 0 saturated carbocycles. The first-order valence-electron chi connectivity index (χ1n) is 10.7. The Hall–Kier alpha value is -4.35. The molecule has 6 rings (SSSR count). The number of aromatic nitrogens is 8. The number of aliphatic hydroxyl groups is 1. The Balaban J connectivity index is 1.42. The molecule has 35 heavy (non-hydrogen) atoms. The maximum atomic E-state index is 13.3. The second-order valence-electron chi connectivity index (χ2n) is 8.32. The van der Waals surface area contributed by atoms with Gasteiger partial charge in [-0.3, -0.25) is 0 Å². The van der Waals surface area contributed by atoms with Crippen LogP contribution in [0, 0.1) is 5.21 Å². The maximum Gasteiger partial charge on any atom is 0.235 e. The van der Waals surface area contributed by atoms with Gasteiger partial charge in [0, 0.05) is 33.5 Å². The Kier molecular flexibility index (Phi) is 4.76. The van der Waals surface area contributed by atoms with Crippen molar-refractivity contribution in [2.75, 3.05) is 5.73 Å². The van der Waals surface area contributed by atoms with Gasteiger partial charge >= 0.3 is 0 Å². The fourth-order valence-electron chi connectivity index (χ4n) is 4.53. The number of nitrogens with one attached hydrogen (secondary N) is 1. The number of pyridine rings is 2. The van der Waals surface area contributed by atoms with Crippen molar-refractivity contribution in [3.8, 4) is 28.1 Å². The quantitative estimate of drug-likeness (QED) is 0.257. The summed E-state index contributed by atoms with van der Waals surface area (Å²) in [6.45, 7) is 0. The second-order valence-corrected chi connectivity index (χ2v) is 8.76. The molecular weight excluding hydrogens is 470 g/mol. The molecule has 12 heteroatoms. The van der Waals surface area contributed by atoms with Gasteiger partial charge in [0.05, 0.1) is 17.6 Å². The SMILES string of the molecule is Nc1ccc(-c2cnc(C3(O)CCc4cc(-c5cc(Cl)ccc5-n5cnnn5)c[n+]([O-])c43)[nH]2)cn1. The Morgan fingerprint density at radius 1 is 1.14 bits per heavy atom. The highest BCUT2D eigenvalue weighted by molar-refractivity contribution is 6.31. The molecule has 0 aliphatic heterocycles. The van der Waals surface area contributed by atoms with Crippen molar-refractivity contribution >= 4 is 17.4 Å². The van der Waals surface area contributed by atoms with E-state index in [2.05, 4.69) is 30.5 Å². The van der Waals surface area contributed by atoms with Gasteiger partial charge in [-0.15, -0.1) is 5.10 Å². The van der Waals surface area contributed by atoms with Gasteiger partial charge in [-0.2, -0.15) is 9.41 Å². The summed E-state index contributed by atoms with van der Waals surface area (Å²) in [5.41, 5.74) is 8.46. The summed E-state index contributed by atoms with van der Waals surface area (Å²) < 4.78 is 2.20. The van der Waals surface area contributed by atoms with Crippen molar-refractivity contribution in [1.82, 2.24) is 35.2 Å². The number of aryl methyl sites for hydroxylation is 1. The summed E-state index contributed by atoms with van der Waals surface area (Å²) in [6.07, 6.45) is 6.90. The third kappa shape index (κ3) is 3.49. The molecule has 1 aliphatic rings. The molecule has 0 amide bonds. The molecule has 1 aliphatic carbocycles. The third-order valence-electron chi connectivity index (χ3n) is 6.19. The van der Waals surface area contributed by atoms with Crippen LogP contribution in [0.25, 0.3) is 28.1 Å². The summed E-state index contributed by atoms with van der Waals surface area (Å²) in [6, 6.07) is 10.6. The molecule has 4 aromatic heterocycles. The maximum absolute atomic E-state index is 13.3. The van der Waals surface area contributed by atoms with Crippen LogP contribution in [0.3, 0.4) is 0 Å². The Morgan fingerprint density at radius 3 is 2.80 bits per heavy atom. The first kappa shape index (κ1) is 21.2. The van der Waals surface area contributed by atoms with Crippen molar-refractivity contribution < 1.29 is 9.84 Å².